The van der Waals surface area contributed by atoms with Crippen LogP contribution in [0.3, 0.4) is 0 Å². The quantitative estimate of drug-likeness (QED) is 0.565. The third-order valence-corrected chi connectivity index (χ3v) is 2.60. The molecule has 0 heterocycles. The fourth-order valence-corrected chi connectivity index (χ4v) is 2.07. The van der Waals surface area contributed by atoms with Gasteiger partial charge in [0.05, 0.1) is 11.1 Å². The van der Waals surface area contributed by atoms with E-state index in [1.54, 1.807) is 22.6 Å². The van der Waals surface area contributed by atoms with Gasteiger partial charge in [-0.05, 0) is 46.3 Å². The number of alkyl halides is 3. The third kappa shape index (κ3) is 2.38. The molecule has 0 spiro atoms. The maximum atomic E-state index is 12.4. The van der Waals surface area contributed by atoms with E-state index in [1.165, 1.54) is 12.1 Å². The van der Waals surface area contributed by atoms with Crippen LogP contribution in [0.4, 0.5) is 13.2 Å². The molecule has 6 heteroatoms. The fourth-order valence-electron chi connectivity index (χ4n) is 0.960. The van der Waals surface area contributed by atoms with Gasteiger partial charge in [-0.1, -0.05) is 6.07 Å². The number of hydrogen-bond donors (Lipinski definition) is 0. The van der Waals surface area contributed by atoms with Crippen molar-refractivity contribution >= 4 is 39.4 Å². The van der Waals surface area contributed by atoms with Gasteiger partial charge in [0.25, 0.3) is 5.24 Å². The van der Waals surface area contributed by atoms with Gasteiger partial charge in [0.2, 0.25) is 0 Å². The first kappa shape index (κ1) is 11.8. The van der Waals surface area contributed by atoms with Crippen molar-refractivity contribution in [2.24, 2.45) is 0 Å². The van der Waals surface area contributed by atoms with E-state index in [1.807, 2.05) is 0 Å². The lowest BCUT2D eigenvalue weighted by atomic mass is 10.1. The molecule has 0 radical (unpaired) electrons. The molecule has 1 aromatic rings. The Balaban J connectivity index is 3.44. The number of carbonyl (C=O) groups is 1. The fraction of sp³-hybridized carbons (Fsp3) is 0.125. The zero-order chi connectivity index (χ0) is 10.9. The molecule has 0 bridgehead atoms. The second-order valence-corrected chi connectivity index (χ2v) is 3.94. The second-order valence-electron chi connectivity index (χ2n) is 2.43. The predicted molar refractivity (Wildman–Crippen MR) is 54.3 cm³/mol. The summed E-state index contributed by atoms with van der Waals surface area (Å²) >= 11 is 6.71. The standard InChI is InChI=1S/C8H3ClF3IO/c9-7(14)6-4(8(10,11)12)2-1-3-5(6)13/h1-3H. The smallest absolute Gasteiger partial charge is 0.276 e. The van der Waals surface area contributed by atoms with Gasteiger partial charge in [-0.15, -0.1) is 0 Å². The van der Waals surface area contributed by atoms with Gasteiger partial charge < -0.3 is 0 Å². The van der Waals surface area contributed by atoms with Crippen LogP contribution in [0.15, 0.2) is 18.2 Å². The maximum Gasteiger partial charge on any atom is 0.417 e. The number of benzene rings is 1. The van der Waals surface area contributed by atoms with Gasteiger partial charge >= 0.3 is 6.18 Å². The lowest BCUT2D eigenvalue weighted by Crippen LogP contribution is -2.12. The highest BCUT2D eigenvalue weighted by Gasteiger charge is 2.35. The lowest BCUT2D eigenvalue weighted by Gasteiger charge is -2.10. The van der Waals surface area contributed by atoms with Crippen molar-refractivity contribution in [2.45, 2.75) is 6.18 Å². The van der Waals surface area contributed by atoms with Gasteiger partial charge in [0.15, 0.2) is 0 Å². The Morgan fingerprint density at radius 2 is 1.93 bits per heavy atom. The van der Waals surface area contributed by atoms with Crippen LogP contribution in [-0.2, 0) is 6.18 Å². The van der Waals surface area contributed by atoms with E-state index in [0.717, 1.165) is 6.07 Å². The number of rotatable bonds is 1. The van der Waals surface area contributed by atoms with E-state index in [2.05, 4.69) is 0 Å². The molecular formula is C8H3ClF3IO. The maximum absolute atomic E-state index is 12.4. The Bertz CT molecular complexity index is 375. The van der Waals surface area contributed by atoms with E-state index < -0.39 is 22.5 Å². The molecule has 76 valence electrons. The summed E-state index contributed by atoms with van der Waals surface area (Å²) in [5.74, 6) is 0. The van der Waals surface area contributed by atoms with Crippen LogP contribution < -0.4 is 0 Å². The summed E-state index contributed by atoms with van der Waals surface area (Å²) in [6.45, 7) is 0. The first-order valence-corrected chi connectivity index (χ1v) is 4.85. The van der Waals surface area contributed by atoms with Crippen LogP contribution in [0.2, 0.25) is 0 Å². The highest BCUT2D eigenvalue weighted by atomic mass is 127. The van der Waals surface area contributed by atoms with Crippen LogP contribution in [0.1, 0.15) is 15.9 Å². The first-order valence-electron chi connectivity index (χ1n) is 3.39. The monoisotopic (exact) mass is 334 g/mol. The van der Waals surface area contributed by atoms with E-state index in [4.69, 9.17) is 11.6 Å². The molecule has 0 saturated heterocycles. The van der Waals surface area contributed by atoms with Crippen LogP contribution in [0.5, 0.6) is 0 Å². The SMILES string of the molecule is O=C(Cl)c1c(I)cccc1C(F)(F)F. The molecule has 0 fully saturated rings. The van der Waals surface area contributed by atoms with Crippen LogP contribution in [0, 0.1) is 3.57 Å². The summed E-state index contributed by atoms with van der Waals surface area (Å²) in [4.78, 5) is 10.8. The van der Waals surface area contributed by atoms with Gasteiger partial charge in [0, 0.05) is 3.57 Å². The summed E-state index contributed by atoms with van der Waals surface area (Å²) in [6.07, 6.45) is -4.55. The molecule has 0 aliphatic heterocycles. The van der Waals surface area contributed by atoms with Crippen LogP contribution >= 0.6 is 34.2 Å². The minimum absolute atomic E-state index is 0.192. The van der Waals surface area contributed by atoms with Crippen molar-refractivity contribution in [3.63, 3.8) is 0 Å². The van der Waals surface area contributed by atoms with Gasteiger partial charge in [0.1, 0.15) is 0 Å². The molecule has 0 aliphatic carbocycles. The zero-order valence-electron chi connectivity index (χ0n) is 6.53. The normalized spacial score (nSPS) is 11.5. The third-order valence-electron chi connectivity index (χ3n) is 1.52. The van der Waals surface area contributed by atoms with Crippen LogP contribution in [-0.4, -0.2) is 5.24 Å². The molecule has 1 nitrogen and oxygen atoms in total. The largest absolute Gasteiger partial charge is 0.417 e. The molecular weight excluding hydrogens is 331 g/mol. The van der Waals surface area contributed by atoms with Crippen LogP contribution in [0.25, 0.3) is 0 Å². The number of halogens is 5. The molecule has 0 aromatic heterocycles. The number of carbonyl (C=O) groups excluding carboxylic acids is 1. The van der Waals surface area contributed by atoms with Crippen molar-refractivity contribution in [3.8, 4) is 0 Å². The Hall–Kier alpha value is -0.300. The van der Waals surface area contributed by atoms with Crippen molar-refractivity contribution in [2.75, 3.05) is 0 Å². The Morgan fingerprint density at radius 1 is 1.36 bits per heavy atom. The molecule has 1 rings (SSSR count). The summed E-state index contributed by atoms with van der Waals surface area (Å²) in [5.41, 5.74) is -1.48. The molecule has 14 heavy (non-hydrogen) atoms. The molecule has 1 aromatic carbocycles. The Morgan fingerprint density at radius 3 is 2.29 bits per heavy atom. The van der Waals surface area contributed by atoms with E-state index >= 15 is 0 Å². The summed E-state index contributed by atoms with van der Waals surface area (Å²) in [6, 6.07) is 3.46. The van der Waals surface area contributed by atoms with Gasteiger partial charge in [-0.3, -0.25) is 4.79 Å². The summed E-state index contributed by atoms with van der Waals surface area (Å²) < 4.78 is 37.3. The molecule has 0 N–H and O–H groups in total. The molecule has 0 unspecified atom stereocenters. The topological polar surface area (TPSA) is 17.1 Å². The van der Waals surface area contributed by atoms with Crippen molar-refractivity contribution in [1.29, 1.82) is 0 Å². The molecule has 0 amide bonds. The van der Waals surface area contributed by atoms with E-state index in [-0.39, 0.29) is 3.57 Å². The van der Waals surface area contributed by atoms with E-state index in [9.17, 15) is 18.0 Å². The minimum Gasteiger partial charge on any atom is -0.276 e. The minimum atomic E-state index is -4.55. The molecule has 0 saturated carbocycles. The van der Waals surface area contributed by atoms with Crippen molar-refractivity contribution in [1.82, 2.24) is 0 Å². The average Bonchev–Trinajstić information content (AvgIpc) is 2.01. The Labute approximate surface area is 96.4 Å². The highest BCUT2D eigenvalue weighted by Crippen LogP contribution is 2.34. The second kappa shape index (κ2) is 4.06. The number of hydrogen-bond acceptors (Lipinski definition) is 1. The summed E-state index contributed by atoms with van der Waals surface area (Å²) in [5, 5.41) is -1.10. The lowest BCUT2D eigenvalue weighted by molar-refractivity contribution is -0.137. The predicted octanol–water partition coefficient (Wildman–Crippen LogP) is 3.69. The average molecular weight is 334 g/mol. The highest BCUT2D eigenvalue weighted by molar-refractivity contribution is 14.1. The molecule has 0 atom stereocenters. The van der Waals surface area contributed by atoms with Gasteiger partial charge in [-0.2, -0.15) is 13.2 Å². The first-order chi connectivity index (χ1) is 6.34. The van der Waals surface area contributed by atoms with E-state index in [0.29, 0.717) is 0 Å². The summed E-state index contributed by atoms with van der Waals surface area (Å²) in [7, 11) is 0. The molecule has 0 aliphatic rings. The van der Waals surface area contributed by atoms with Crippen molar-refractivity contribution < 1.29 is 18.0 Å². The van der Waals surface area contributed by atoms with Gasteiger partial charge in [-0.25, -0.2) is 0 Å². The Kier molecular flexibility index (Phi) is 3.41. The van der Waals surface area contributed by atoms with Crippen molar-refractivity contribution in [3.05, 3.63) is 32.9 Å². The zero-order valence-corrected chi connectivity index (χ0v) is 9.44.